The van der Waals surface area contributed by atoms with E-state index in [2.05, 4.69) is 67.8 Å². The molecule has 0 aliphatic carbocycles. The Morgan fingerprint density at radius 1 is 0.507 bits per heavy atom. The predicted molar refractivity (Wildman–Crippen MR) is 275 cm³/mol. The maximum absolute atomic E-state index is 13.1. The van der Waals surface area contributed by atoms with Crippen LogP contribution in [0, 0.1) is 0 Å². The molecule has 0 aromatic heterocycles. The first-order valence-electron chi connectivity index (χ1n) is 27.5. The van der Waals surface area contributed by atoms with Gasteiger partial charge in [-0.15, -0.1) is 0 Å². The van der Waals surface area contributed by atoms with E-state index in [4.69, 9.17) is 9.47 Å². The van der Waals surface area contributed by atoms with Gasteiger partial charge in [-0.1, -0.05) is 197 Å². The lowest BCUT2D eigenvalue weighted by atomic mass is 9.98. The normalized spacial score (nSPS) is 21.0. The highest BCUT2D eigenvalue weighted by atomic mass is 16.7. The lowest BCUT2D eigenvalue weighted by Crippen LogP contribution is -2.60. The number of hydrogen-bond acceptors (Lipinski definition) is 10. The molecule has 11 heteroatoms. The fourth-order valence-corrected chi connectivity index (χ4v) is 8.51. The van der Waals surface area contributed by atoms with Crippen molar-refractivity contribution in [2.24, 2.45) is 0 Å². The molecule has 1 fully saturated rings. The van der Waals surface area contributed by atoms with Crippen LogP contribution < -0.4 is 5.32 Å². The van der Waals surface area contributed by atoms with Crippen LogP contribution in [0.25, 0.3) is 0 Å². The van der Waals surface area contributed by atoms with Gasteiger partial charge in [0.1, 0.15) is 36.6 Å². The highest BCUT2D eigenvalue weighted by molar-refractivity contribution is 5.80. The summed E-state index contributed by atoms with van der Waals surface area (Å²) in [7, 11) is 0. The molecule has 0 saturated carbocycles. The van der Waals surface area contributed by atoms with E-state index < -0.39 is 74.2 Å². The number of unbranched alkanes of at least 4 members (excludes halogenated alkanes) is 26. The Balaban J connectivity index is 2.34. The molecule has 0 radical (unpaired) electrons. The number of nitrogens with one attached hydrogen (secondary N) is 1. The van der Waals surface area contributed by atoms with Crippen molar-refractivity contribution >= 4 is 5.91 Å². The lowest BCUT2D eigenvalue weighted by Gasteiger charge is -2.40. The first-order chi connectivity index (χ1) is 32.7. The van der Waals surface area contributed by atoms with Gasteiger partial charge in [0.05, 0.1) is 25.4 Å². The molecule has 8 N–H and O–H groups in total. The van der Waals surface area contributed by atoms with E-state index in [1.807, 2.05) is 0 Å². The van der Waals surface area contributed by atoms with Gasteiger partial charge < -0.3 is 50.5 Å². The SMILES string of the molecule is CCCC/C=C/CC/C=C/CC/C=C/CCCC(O)C(O)C(COC1OC(CO)C(O)C(O)C1O)NC(=O)C(O)CCCCCCCCCCC/C=C\CCCCCCCCCCCCCC. The molecule has 1 amide bonds. The molecule has 0 spiro atoms. The summed E-state index contributed by atoms with van der Waals surface area (Å²) < 4.78 is 11.1. The number of carbonyl (C=O) groups is 1. The summed E-state index contributed by atoms with van der Waals surface area (Å²) in [5.41, 5.74) is 0. The Morgan fingerprint density at radius 3 is 1.37 bits per heavy atom. The molecule has 11 nitrogen and oxygen atoms in total. The Bertz CT molecular complexity index is 1230. The monoisotopic (exact) mass is 950 g/mol. The number of hydrogen-bond donors (Lipinski definition) is 8. The molecular weight excluding hydrogens is 847 g/mol. The molecule has 1 saturated heterocycles. The van der Waals surface area contributed by atoms with E-state index in [1.54, 1.807) is 0 Å². The number of carbonyl (C=O) groups excluding carboxylic acids is 1. The van der Waals surface area contributed by atoms with Crippen molar-refractivity contribution in [1.82, 2.24) is 5.32 Å². The van der Waals surface area contributed by atoms with Crippen molar-refractivity contribution in [2.75, 3.05) is 13.2 Å². The van der Waals surface area contributed by atoms with Gasteiger partial charge in [-0.25, -0.2) is 0 Å². The molecule has 67 heavy (non-hydrogen) atoms. The minimum atomic E-state index is -1.67. The van der Waals surface area contributed by atoms with Crippen LogP contribution in [0.5, 0.6) is 0 Å². The molecular formula is C56H103NO10. The second kappa shape index (κ2) is 45.2. The van der Waals surface area contributed by atoms with Crippen LogP contribution in [0.15, 0.2) is 48.6 Å². The van der Waals surface area contributed by atoms with Gasteiger partial charge in [0.2, 0.25) is 5.91 Å². The summed E-state index contributed by atoms with van der Waals surface area (Å²) >= 11 is 0. The van der Waals surface area contributed by atoms with Crippen molar-refractivity contribution in [1.29, 1.82) is 0 Å². The number of amides is 1. The van der Waals surface area contributed by atoms with Crippen molar-refractivity contribution in [2.45, 2.75) is 287 Å². The molecule has 0 bridgehead atoms. The Morgan fingerprint density at radius 2 is 0.910 bits per heavy atom. The first kappa shape index (κ1) is 63.1. The van der Waals surface area contributed by atoms with Crippen molar-refractivity contribution in [3.63, 3.8) is 0 Å². The summed E-state index contributed by atoms with van der Waals surface area (Å²) in [6.45, 7) is 3.39. The number of aliphatic hydroxyl groups excluding tert-OH is 7. The maximum atomic E-state index is 13.1. The number of rotatable bonds is 46. The molecule has 1 rings (SSSR count). The molecule has 9 unspecified atom stereocenters. The van der Waals surface area contributed by atoms with Crippen molar-refractivity contribution in [3.8, 4) is 0 Å². The van der Waals surface area contributed by atoms with E-state index in [-0.39, 0.29) is 12.8 Å². The quantitative estimate of drug-likeness (QED) is 0.0215. The van der Waals surface area contributed by atoms with E-state index in [9.17, 15) is 40.5 Å². The average Bonchev–Trinajstić information content (AvgIpc) is 3.33. The van der Waals surface area contributed by atoms with Gasteiger partial charge in [0.15, 0.2) is 6.29 Å². The van der Waals surface area contributed by atoms with Crippen LogP contribution in [0.2, 0.25) is 0 Å². The van der Waals surface area contributed by atoms with E-state index >= 15 is 0 Å². The van der Waals surface area contributed by atoms with Crippen LogP contribution in [0.3, 0.4) is 0 Å². The summed E-state index contributed by atoms with van der Waals surface area (Å²) in [4.78, 5) is 13.1. The second-order valence-electron chi connectivity index (χ2n) is 19.3. The number of allylic oxidation sites excluding steroid dienone is 8. The fraction of sp³-hybridized carbons (Fsp3) is 0.839. The molecule has 1 aliphatic heterocycles. The van der Waals surface area contributed by atoms with E-state index in [0.29, 0.717) is 19.3 Å². The first-order valence-corrected chi connectivity index (χ1v) is 27.5. The summed E-state index contributed by atoms with van der Waals surface area (Å²) in [5, 5.41) is 75.9. The third-order valence-electron chi connectivity index (χ3n) is 13.1. The Labute approximate surface area is 409 Å². The van der Waals surface area contributed by atoms with Crippen LogP contribution in [-0.4, -0.2) is 110 Å². The van der Waals surface area contributed by atoms with Gasteiger partial charge in [0, 0.05) is 0 Å². The summed E-state index contributed by atoms with van der Waals surface area (Å²) in [5.74, 6) is -0.715. The summed E-state index contributed by atoms with van der Waals surface area (Å²) in [6.07, 6.45) is 44.5. The van der Waals surface area contributed by atoms with Crippen LogP contribution >= 0.6 is 0 Å². The minimum absolute atomic E-state index is 0.239. The molecule has 9 atom stereocenters. The smallest absolute Gasteiger partial charge is 0.249 e. The van der Waals surface area contributed by atoms with E-state index in [0.717, 1.165) is 51.4 Å². The van der Waals surface area contributed by atoms with Crippen LogP contribution in [0.4, 0.5) is 0 Å². The van der Waals surface area contributed by atoms with Gasteiger partial charge in [-0.05, 0) is 83.5 Å². The highest BCUT2D eigenvalue weighted by Gasteiger charge is 2.44. The predicted octanol–water partition coefficient (Wildman–Crippen LogP) is 10.9. The van der Waals surface area contributed by atoms with Crippen molar-refractivity contribution in [3.05, 3.63) is 48.6 Å². The van der Waals surface area contributed by atoms with Gasteiger partial charge in [-0.2, -0.15) is 0 Å². The molecule has 0 aromatic rings. The number of aliphatic hydroxyl groups is 7. The zero-order chi connectivity index (χ0) is 49.0. The van der Waals surface area contributed by atoms with E-state index in [1.165, 1.54) is 135 Å². The molecule has 0 aromatic carbocycles. The highest BCUT2D eigenvalue weighted by Crippen LogP contribution is 2.23. The summed E-state index contributed by atoms with van der Waals surface area (Å²) in [6, 6.07) is -1.20. The van der Waals surface area contributed by atoms with Gasteiger partial charge >= 0.3 is 0 Å². The Hall–Kier alpha value is -1.93. The third-order valence-corrected chi connectivity index (χ3v) is 13.1. The number of ether oxygens (including phenoxy) is 2. The van der Waals surface area contributed by atoms with Crippen LogP contribution in [0.1, 0.15) is 232 Å². The van der Waals surface area contributed by atoms with Crippen LogP contribution in [-0.2, 0) is 14.3 Å². The molecule has 392 valence electrons. The largest absolute Gasteiger partial charge is 0.394 e. The Kier molecular flexibility index (Phi) is 42.6. The van der Waals surface area contributed by atoms with Gasteiger partial charge in [0.25, 0.3) is 0 Å². The molecule has 1 heterocycles. The fourth-order valence-electron chi connectivity index (χ4n) is 8.51. The zero-order valence-electron chi connectivity index (χ0n) is 42.6. The standard InChI is InChI=1S/C56H103NO10/c1-3-5-7-9-11-13-15-17-19-20-21-22-23-24-25-26-27-28-30-32-34-36-38-40-42-44-49(60)55(65)57-47(46-66-56-54(64)53(63)52(62)50(45-58)67-56)51(61)48(59)43-41-39-37-35-33-31-29-18-16-14-12-10-8-6-4-2/h10,12,18,24-25,29,35,37,47-54,56,58-64H,3-9,11,13-17,19-23,26-28,30-34,36,38-46H2,1-2H3,(H,57,65)/b12-10+,25-24-,29-18+,37-35+. The third kappa shape index (κ3) is 34.1. The topological polar surface area (TPSA) is 189 Å². The van der Waals surface area contributed by atoms with Crippen molar-refractivity contribution < 1.29 is 50.0 Å². The maximum Gasteiger partial charge on any atom is 0.249 e. The lowest BCUT2D eigenvalue weighted by molar-refractivity contribution is -0.303. The van der Waals surface area contributed by atoms with Gasteiger partial charge in [-0.3, -0.25) is 4.79 Å². The molecule has 1 aliphatic rings. The minimum Gasteiger partial charge on any atom is -0.394 e. The average molecular weight is 950 g/mol. The zero-order valence-corrected chi connectivity index (χ0v) is 42.6. The second-order valence-corrected chi connectivity index (χ2v) is 19.3.